The number of hydrogen-bond acceptors (Lipinski definition) is 1. The van der Waals surface area contributed by atoms with E-state index in [9.17, 15) is 0 Å². The van der Waals surface area contributed by atoms with Gasteiger partial charge in [0.25, 0.3) is 0 Å². The standard InChI is InChI=1S/C37H24N2O/c1-23-9-8-16-36-37(23)30-22-25(18-20-35(30)40-36)39-33-15-7-4-12-28(33)29-21-24(17-19-34(29)39)38-31-13-5-2-10-26(31)27-11-3-6-14-32(27)38/h2-22H,1H3. The summed E-state index contributed by atoms with van der Waals surface area (Å²) in [6.45, 7) is 2.15. The molecule has 0 atom stereocenters. The Hall–Kier alpha value is -5.28. The van der Waals surface area contributed by atoms with Gasteiger partial charge in [0.15, 0.2) is 0 Å². The summed E-state index contributed by atoms with van der Waals surface area (Å²) in [5.41, 5.74) is 10.2. The molecule has 40 heavy (non-hydrogen) atoms. The maximum atomic E-state index is 6.20. The molecule has 0 aliphatic carbocycles. The maximum Gasteiger partial charge on any atom is 0.135 e. The molecule has 3 nitrogen and oxygen atoms in total. The zero-order valence-corrected chi connectivity index (χ0v) is 21.9. The van der Waals surface area contributed by atoms with Gasteiger partial charge in [-0.2, -0.15) is 0 Å². The molecule has 188 valence electrons. The Labute approximate surface area is 230 Å². The first-order valence-electron chi connectivity index (χ1n) is 13.7. The van der Waals surface area contributed by atoms with E-state index in [0.717, 1.165) is 22.2 Å². The first-order valence-corrected chi connectivity index (χ1v) is 13.7. The van der Waals surface area contributed by atoms with Crippen molar-refractivity contribution in [3.05, 3.63) is 133 Å². The van der Waals surface area contributed by atoms with Gasteiger partial charge in [0.05, 0.1) is 22.1 Å². The lowest BCUT2D eigenvalue weighted by Gasteiger charge is -2.10. The highest BCUT2D eigenvalue weighted by molar-refractivity contribution is 6.13. The van der Waals surface area contributed by atoms with Crippen LogP contribution in [0, 0.1) is 6.92 Å². The lowest BCUT2D eigenvalue weighted by atomic mass is 10.1. The number of rotatable bonds is 2. The molecule has 9 aromatic rings. The lowest BCUT2D eigenvalue weighted by Crippen LogP contribution is -1.95. The second kappa shape index (κ2) is 7.87. The fraction of sp³-hybridized carbons (Fsp3) is 0.0270. The zero-order chi connectivity index (χ0) is 26.4. The van der Waals surface area contributed by atoms with Crippen LogP contribution in [0.25, 0.3) is 76.9 Å². The quantitative estimate of drug-likeness (QED) is 0.226. The van der Waals surface area contributed by atoms with Crippen molar-refractivity contribution in [3.63, 3.8) is 0 Å². The lowest BCUT2D eigenvalue weighted by molar-refractivity contribution is 0.668. The number of para-hydroxylation sites is 3. The molecule has 0 aliphatic rings. The number of aryl methyl sites for hydroxylation is 1. The van der Waals surface area contributed by atoms with Gasteiger partial charge in [-0.3, -0.25) is 0 Å². The normalized spacial score (nSPS) is 12.1. The van der Waals surface area contributed by atoms with Gasteiger partial charge < -0.3 is 13.6 Å². The van der Waals surface area contributed by atoms with Gasteiger partial charge in [-0.25, -0.2) is 0 Å². The average Bonchev–Trinajstić information content (AvgIpc) is 3.65. The summed E-state index contributed by atoms with van der Waals surface area (Å²) in [6.07, 6.45) is 0. The van der Waals surface area contributed by atoms with Gasteiger partial charge in [0.1, 0.15) is 11.2 Å². The van der Waals surface area contributed by atoms with Crippen LogP contribution in [-0.2, 0) is 0 Å². The van der Waals surface area contributed by atoms with Gasteiger partial charge >= 0.3 is 0 Å². The summed E-state index contributed by atoms with van der Waals surface area (Å²) in [5, 5.41) is 7.37. The van der Waals surface area contributed by atoms with Crippen LogP contribution in [-0.4, -0.2) is 9.13 Å². The minimum Gasteiger partial charge on any atom is -0.456 e. The van der Waals surface area contributed by atoms with E-state index in [1.54, 1.807) is 0 Å². The van der Waals surface area contributed by atoms with Crippen molar-refractivity contribution >= 4 is 65.6 Å². The van der Waals surface area contributed by atoms with Crippen LogP contribution in [0.5, 0.6) is 0 Å². The molecule has 0 N–H and O–H groups in total. The van der Waals surface area contributed by atoms with Crippen molar-refractivity contribution in [3.8, 4) is 11.4 Å². The molecular weight excluding hydrogens is 488 g/mol. The molecule has 0 saturated carbocycles. The SMILES string of the molecule is Cc1cccc2oc3ccc(-n4c5ccccc5c5cc(-n6c7ccccc7c7ccccc76)ccc54)cc3c12. The second-order valence-electron chi connectivity index (χ2n) is 10.7. The number of nitrogens with zero attached hydrogens (tertiary/aromatic N) is 2. The Morgan fingerprint density at radius 1 is 0.425 bits per heavy atom. The van der Waals surface area contributed by atoms with Crippen molar-refractivity contribution in [2.45, 2.75) is 6.92 Å². The third kappa shape index (κ3) is 2.84. The van der Waals surface area contributed by atoms with Crippen molar-refractivity contribution in [2.75, 3.05) is 0 Å². The molecule has 0 unspecified atom stereocenters. The number of benzene rings is 6. The Kier molecular flexibility index (Phi) is 4.26. The molecule has 6 aromatic carbocycles. The minimum absolute atomic E-state index is 0.919. The van der Waals surface area contributed by atoms with E-state index in [4.69, 9.17) is 4.42 Å². The molecule has 3 heterocycles. The Balaban J connectivity index is 1.34. The molecule has 3 aromatic heterocycles. The largest absolute Gasteiger partial charge is 0.456 e. The van der Waals surface area contributed by atoms with Crippen LogP contribution in [0.1, 0.15) is 5.56 Å². The number of fused-ring (bicyclic) bond motifs is 9. The molecular formula is C37H24N2O. The second-order valence-corrected chi connectivity index (χ2v) is 10.7. The highest BCUT2D eigenvalue weighted by Gasteiger charge is 2.17. The maximum absolute atomic E-state index is 6.20. The van der Waals surface area contributed by atoms with Gasteiger partial charge in [0.2, 0.25) is 0 Å². The topological polar surface area (TPSA) is 23.0 Å². The molecule has 0 bridgehead atoms. The van der Waals surface area contributed by atoms with E-state index >= 15 is 0 Å². The predicted molar refractivity (Wildman–Crippen MR) is 167 cm³/mol. The van der Waals surface area contributed by atoms with E-state index in [-0.39, 0.29) is 0 Å². The van der Waals surface area contributed by atoms with Crippen LogP contribution >= 0.6 is 0 Å². The molecule has 0 aliphatic heterocycles. The fourth-order valence-corrected chi connectivity index (χ4v) is 6.71. The predicted octanol–water partition coefficient (Wildman–Crippen LogP) is 10.1. The van der Waals surface area contributed by atoms with Crippen LogP contribution < -0.4 is 0 Å². The van der Waals surface area contributed by atoms with Crippen molar-refractivity contribution in [1.82, 2.24) is 9.13 Å². The molecule has 0 amide bonds. The van der Waals surface area contributed by atoms with Crippen molar-refractivity contribution < 1.29 is 4.42 Å². The highest BCUT2D eigenvalue weighted by atomic mass is 16.3. The van der Waals surface area contributed by atoms with Crippen LogP contribution in [0.3, 0.4) is 0 Å². The van der Waals surface area contributed by atoms with Gasteiger partial charge in [-0.05, 0) is 73.2 Å². The van der Waals surface area contributed by atoms with E-state index in [1.807, 2.05) is 0 Å². The summed E-state index contributed by atoms with van der Waals surface area (Å²) < 4.78 is 11.0. The van der Waals surface area contributed by atoms with Gasteiger partial charge in [-0.15, -0.1) is 0 Å². The van der Waals surface area contributed by atoms with Crippen LogP contribution in [0.2, 0.25) is 0 Å². The summed E-state index contributed by atoms with van der Waals surface area (Å²) in [4.78, 5) is 0. The van der Waals surface area contributed by atoms with Crippen LogP contribution in [0.15, 0.2) is 132 Å². The average molecular weight is 513 g/mol. The fourth-order valence-electron chi connectivity index (χ4n) is 6.71. The smallest absolute Gasteiger partial charge is 0.135 e. The van der Waals surface area contributed by atoms with Gasteiger partial charge in [-0.1, -0.05) is 66.7 Å². The summed E-state index contributed by atoms with van der Waals surface area (Å²) >= 11 is 0. The summed E-state index contributed by atoms with van der Waals surface area (Å²) in [6, 6.07) is 45.8. The Bertz CT molecular complexity index is 2400. The van der Waals surface area contributed by atoms with Crippen molar-refractivity contribution in [1.29, 1.82) is 0 Å². The number of aromatic nitrogens is 2. The Morgan fingerprint density at radius 3 is 1.60 bits per heavy atom. The first-order chi connectivity index (χ1) is 19.8. The van der Waals surface area contributed by atoms with E-state index in [1.165, 1.54) is 60.2 Å². The van der Waals surface area contributed by atoms with Gasteiger partial charge in [0, 0.05) is 43.7 Å². The first kappa shape index (κ1) is 21.6. The Morgan fingerprint density at radius 2 is 0.950 bits per heavy atom. The minimum atomic E-state index is 0.919. The molecule has 0 radical (unpaired) electrons. The monoisotopic (exact) mass is 512 g/mol. The molecule has 0 saturated heterocycles. The highest BCUT2D eigenvalue weighted by Crippen LogP contribution is 2.38. The summed E-state index contributed by atoms with van der Waals surface area (Å²) in [5.74, 6) is 0. The van der Waals surface area contributed by atoms with Crippen molar-refractivity contribution in [2.24, 2.45) is 0 Å². The van der Waals surface area contributed by atoms with E-state index < -0.39 is 0 Å². The van der Waals surface area contributed by atoms with E-state index in [0.29, 0.717) is 0 Å². The molecule has 0 spiro atoms. The molecule has 3 heteroatoms. The summed E-state index contributed by atoms with van der Waals surface area (Å²) in [7, 11) is 0. The molecule has 9 rings (SSSR count). The van der Waals surface area contributed by atoms with E-state index in [2.05, 4.69) is 143 Å². The number of furan rings is 1. The van der Waals surface area contributed by atoms with Crippen LogP contribution in [0.4, 0.5) is 0 Å². The third-order valence-electron chi connectivity index (χ3n) is 8.44. The zero-order valence-electron chi connectivity index (χ0n) is 21.9. The number of hydrogen-bond donors (Lipinski definition) is 0. The third-order valence-corrected chi connectivity index (χ3v) is 8.44. The molecule has 0 fully saturated rings.